The molecule has 0 heterocycles. The fourth-order valence-electron chi connectivity index (χ4n) is 2.77. The number of nitrogens with one attached hydrogen (secondary N) is 1. The molecule has 0 saturated heterocycles. The molecule has 0 unspecified atom stereocenters. The quantitative estimate of drug-likeness (QED) is 0.163. The van der Waals surface area contributed by atoms with E-state index in [1.165, 1.54) is 6.21 Å². The number of rotatable bonds is 8. The summed E-state index contributed by atoms with van der Waals surface area (Å²) in [5, 5.41) is 5.15. The number of hydrogen-bond donors (Lipinski definition) is 1. The maximum atomic E-state index is 12.4. The normalized spacial score (nSPS) is 10.8. The molecule has 0 spiro atoms. The van der Waals surface area contributed by atoms with Crippen molar-refractivity contribution < 1.29 is 19.0 Å². The molecule has 3 aromatic carbocycles. The summed E-state index contributed by atoms with van der Waals surface area (Å²) in [6.07, 6.45) is 1.53. The van der Waals surface area contributed by atoms with Gasteiger partial charge >= 0.3 is 0 Å². The van der Waals surface area contributed by atoms with Gasteiger partial charge in [0.05, 0.1) is 27.6 Å². The lowest BCUT2D eigenvalue weighted by Crippen LogP contribution is -2.17. The zero-order valence-electron chi connectivity index (χ0n) is 17.5. The van der Waals surface area contributed by atoms with E-state index in [0.29, 0.717) is 32.9 Å². The molecule has 1 N–H and O–H groups in total. The number of carbonyl (C=O) groups is 1. The summed E-state index contributed by atoms with van der Waals surface area (Å²) < 4.78 is 18.4. The van der Waals surface area contributed by atoms with Gasteiger partial charge in [-0.15, -0.1) is 0 Å². The predicted octanol–water partition coefficient (Wildman–Crippen LogP) is 6.56. The number of benzene rings is 3. The Balaban J connectivity index is 1.71. The molecule has 0 saturated carbocycles. The van der Waals surface area contributed by atoms with Crippen molar-refractivity contribution in [2.45, 2.75) is 6.61 Å². The predicted molar refractivity (Wildman–Crippen MR) is 147 cm³/mol. The largest absolute Gasteiger partial charge is 0.496 e. The zero-order chi connectivity index (χ0) is 24.0. The minimum absolute atomic E-state index is 0.255. The maximum absolute atomic E-state index is 12.4. The fraction of sp³-hybridized carbons (Fsp3) is 0.130. The second kappa shape index (κ2) is 12.1. The molecule has 3 rings (SSSR count). The van der Waals surface area contributed by atoms with Crippen LogP contribution < -0.4 is 19.6 Å². The van der Waals surface area contributed by atoms with Crippen molar-refractivity contribution in [1.82, 2.24) is 5.43 Å². The van der Waals surface area contributed by atoms with Gasteiger partial charge in [0.15, 0.2) is 11.5 Å². The van der Waals surface area contributed by atoms with Gasteiger partial charge in [0.25, 0.3) is 5.91 Å². The number of nitrogens with zero attached hydrogens (tertiary/aromatic N) is 1. The highest BCUT2D eigenvalue weighted by molar-refractivity contribution is 14.1. The second-order valence-corrected chi connectivity index (χ2v) is 9.77. The lowest BCUT2D eigenvalue weighted by molar-refractivity contribution is 0.0954. The van der Waals surface area contributed by atoms with E-state index in [2.05, 4.69) is 55.7 Å². The van der Waals surface area contributed by atoms with Crippen LogP contribution in [0.15, 0.2) is 53.6 Å². The number of carbonyl (C=O) groups excluding carboxylic acids is 1. The van der Waals surface area contributed by atoms with Crippen LogP contribution in [0.3, 0.4) is 0 Å². The van der Waals surface area contributed by atoms with E-state index in [0.717, 1.165) is 18.3 Å². The highest BCUT2D eigenvalue weighted by Gasteiger charge is 2.13. The van der Waals surface area contributed by atoms with Gasteiger partial charge in [0.2, 0.25) is 0 Å². The molecule has 3 aromatic rings. The Morgan fingerprint density at radius 2 is 1.76 bits per heavy atom. The van der Waals surface area contributed by atoms with Crippen LogP contribution in [0.1, 0.15) is 21.5 Å². The third-order valence-corrected chi connectivity index (χ3v) is 6.71. The van der Waals surface area contributed by atoms with Gasteiger partial charge in [-0.1, -0.05) is 29.3 Å². The van der Waals surface area contributed by atoms with Gasteiger partial charge in [-0.3, -0.25) is 4.79 Å². The molecular weight excluding hydrogens is 693 g/mol. The molecule has 0 aliphatic heterocycles. The Bertz CT molecular complexity index is 1210. The summed E-state index contributed by atoms with van der Waals surface area (Å²) in [6.45, 7) is 0.255. The van der Waals surface area contributed by atoms with E-state index in [1.807, 2.05) is 12.1 Å². The number of amides is 1. The third-order valence-electron chi connectivity index (χ3n) is 4.43. The van der Waals surface area contributed by atoms with Crippen LogP contribution in [0.2, 0.25) is 10.0 Å². The summed E-state index contributed by atoms with van der Waals surface area (Å²) in [5.41, 5.74) is 4.50. The SMILES string of the molecule is COc1cc(C(=O)N/N=C\c2cc(I)c(OCc3ccc(Cl)cc3Cl)c(OC)c2)ccc1I. The molecule has 0 aromatic heterocycles. The number of hydrazone groups is 1. The van der Waals surface area contributed by atoms with Gasteiger partial charge in [-0.2, -0.15) is 5.10 Å². The third kappa shape index (κ3) is 6.87. The standard InChI is InChI=1S/C23H18Cl2I2N2O4/c1-31-20-9-14(4-6-18(20)26)23(30)29-28-11-13-7-19(27)22(21(8-13)32-2)33-12-15-3-5-16(24)10-17(15)25/h3-11H,12H2,1-2H3,(H,29,30)/b28-11-. The fourth-order valence-corrected chi connectivity index (χ4v) is 4.57. The van der Waals surface area contributed by atoms with Gasteiger partial charge < -0.3 is 14.2 Å². The molecule has 0 radical (unpaired) electrons. The molecule has 0 aliphatic rings. The van der Waals surface area contributed by atoms with Crippen LogP contribution in [0.5, 0.6) is 17.2 Å². The smallest absolute Gasteiger partial charge is 0.271 e. The van der Waals surface area contributed by atoms with E-state index in [4.69, 9.17) is 37.4 Å². The average Bonchev–Trinajstić information content (AvgIpc) is 2.79. The lowest BCUT2D eigenvalue weighted by atomic mass is 10.2. The van der Waals surface area contributed by atoms with Gasteiger partial charge in [0.1, 0.15) is 12.4 Å². The minimum atomic E-state index is -0.345. The van der Waals surface area contributed by atoms with Gasteiger partial charge in [0, 0.05) is 21.2 Å². The Morgan fingerprint density at radius 1 is 1.00 bits per heavy atom. The first-order chi connectivity index (χ1) is 15.8. The molecule has 1 amide bonds. The van der Waals surface area contributed by atoms with E-state index < -0.39 is 0 Å². The van der Waals surface area contributed by atoms with Gasteiger partial charge in [-0.05, 0) is 93.2 Å². The topological polar surface area (TPSA) is 69.2 Å². The number of hydrogen-bond acceptors (Lipinski definition) is 5. The van der Waals surface area contributed by atoms with E-state index in [1.54, 1.807) is 50.6 Å². The van der Waals surface area contributed by atoms with Crippen LogP contribution in [-0.2, 0) is 6.61 Å². The van der Waals surface area contributed by atoms with Crippen molar-refractivity contribution in [2.24, 2.45) is 5.10 Å². The number of ether oxygens (including phenoxy) is 3. The van der Waals surface area contributed by atoms with E-state index in [9.17, 15) is 4.79 Å². The first-order valence-electron chi connectivity index (χ1n) is 9.43. The first kappa shape index (κ1) is 25.9. The van der Waals surface area contributed by atoms with Crippen molar-refractivity contribution in [3.8, 4) is 17.2 Å². The van der Waals surface area contributed by atoms with Crippen molar-refractivity contribution in [3.05, 3.63) is 82.4 Å². The van der Waals surface area contributed by atoms with Crippen molar-refractivity contribution in [2.75, 3.05) is 14.2 Å². The molecule has 172 valence electrons. The lowest BCUT2D eigenvalue weighted by Gasteiger charge is -2.14. The van der Waals surface area contributed by atoms with Crippen LogP contribution in [0, 0.1) is 7.14 Å². The molecule has 0 atom stereocenters. The molecule has 0 fully saturated rings. The Kier molecular flexibility index (Phi) is 9.47. The monoisotopic (exact) mass is 710 g/mol. The van der Waals surface area contributed by atoms with Gasteiger partial charge in [-0.25, -0.2) is 5.43 Å². The highest BCUT2D eigenvalue weighted by atomic mass is 127. The summed E-state index contributed by atoms with van der Waals surface area (Å²) in [6, 6.07) is 14.1. The highest BCUT2D eigenvalue weighted by Crippen LogP contribution is 2.35. The molecule has 10 heteroatoms. The molecular formula is C23H18Cl2I2N2O4. The maximum Gasteiger partial charge on any atom is 0.271 e. The minimum Gasteiger partial charge on any atom is -0.496 e. The molecule has 0 bridgehead atoms. The second-order valence-electron chi connectivity index (χ2n) is 6.61. The summed E-state index contributed by atoms with van der Waals surface area (Å²) in [5.74, 6) is 1.39. The number of halogens is 4. The van der Waals surface area contributed by atoms with Crippen molar-refractivity contribution in [1.29, 1.82) is 0 Å². The zero-order valence-corrected chi connectivity index (χ0v) is 23.3. The molecule has 0 aliphatic carbocycles. The first-order valence-corrected chi connectivity index (χ1v) is 12.3. The Labute approximate surface area is 228 Å². The summed E-state index contributed by atoms with van der Waals surface area (Å²) >= 11 is 16.5. The Hall–Kier alpha value is -1.76. The van der Waals surface area contributed by atoms with Crippen molar-refractivity contribution in [3.63, 3.8) is 0 Å². The van der Waals surface area contributed by atoms with Crippen LogP contribution in [0.4, 0.5) is 0 Å². The summed E-state index contributed by atoms with van der Waals surface area (Å²) in [7, 11) is 3.12. The van der Waals surface area contributed by atoms with E-state index in [-0.39, 0.29) is 12.5 Å². The number of methoxy groups -OCH3 is 2. The van der Waals surface area contributed by atoms with E-state index >= 15 is 0 Å². The van der Waals surface area contributed by atoms with Crippen molar-refractivity contribution >= 4 is 80.5 Å². The summed E-state index contributed by atoms with van der Waals surface area (Å²) in [4.78, 5) is 12.4. The van der Waals surface area contributed by atoms with Crippen LogP contribution >= 0.6 is 68.4 Å². The molecule has 33 heavy (non-hydrogen) atoms. The molecule has 6 nitrogen and oxygen atoms in total. The Morgan fingerprint density at radius 3 is 2.45 bits per heavy atom. The van der Waals surface area contributed by atoms with Crippen LogP contribution in [-0.4, -0.2) is 26.3 Å². The van der Waals surface area contributed by atoms with Crippen LogP contribution in [0.25, 0.3) is 0 Å². The average molecular weight is 711 g/mol.